The first kappa shape index (κ1) is 14.8. The quantitative estimate of drug-likeness (QED) is 0.724. The van der Waals surface area contributed by atoms with Crippen molar-refractivity contribution in [1.29, 1.82) is 0 Å². The van der Waals surface area contributed by atoms with E-state index in [4.69, 9.17) is 0 Å². The molecule has 0 heterocycles. The van der Waals surface area contributed by atoms with Crippen LogP contribution in [-0.4, -0.2) is 18.8 Å². The molecule has 1 saturated carbocycles. The van der Waals surface area contributed by atoms with Crippen LogP contribution in [0, 0.1) is 11.8 Å². The van der Waals surface area contributed by atoms with E-state index in [-0.39, 0.29) is 6.42 Å². The minimum absolute atomic E-state index is 0.243. The van der Waals surface area contributed by atoms with E-state index in [1.54, 1.807) is 0 Å². The molecule has 102 valence electrons. The highest BCUT2D eigenvalue weighted by molar-refractivity contribution is 4.82. The van der Waals surface area contributed by atoms with Crippen LogP contribution in [-0.2, 0) is 0 Å². The zero-order valence-corrected chi connectivity index (χ0v) is 10.8. The van der Waals surface area contributed by atoms with E-state index in [0.717, 1.165) is 12.5 Å². The largest absolute Gasteiger partial charge is 0.389 e. The van der Waals surface area contributed by atoms with Crippen molar-refractivity contribution in [2.24, 2.45) is 11.8 Å². The summed E-state index contributed by atoms with van der Waals surface area (Å²) < 4.78 is 35.8. The van der Waals surface area contributed by atoms with Crippen LogP contribution in [0.15, 0.2) is 0 Å². The van der Waals surface area contributed by atoms with Crippen LogP contribution in [0.1, 0.15) is 52.4 Å². The number of hydrogen-bond acceptors (Lipinski definition) is 1. The highest BCUT2D eigenvalue weighted by atomic mass is 19.4. The first-order valence-corrected chi connectivity index (χ1v) is 6.70. The lowest BCUT2D eigenvalue weighted by molar-refractivity contribution is -0.135. The second-order valence-corrected chi connectivity index (χ2v) is 5.40. The second kappa shape index (κ2) is 6.62. The molecule has 0 amide bonds. The first-order chi connectivity index (χ1) is 7.90. The lowest BCUT2D eigenvalue weighted by atomic mass is 9.78. The van der Waals surface area contributed by atoms with Gasteiger partial charge in [-0.3, -0.25) is 0 Å². The minimum atomic E-state index is -3.99. The number of hydrogen-bond donors (Lipinski definition) is 1. The van der Waals surface area contributed by atoms with Crippen molar-refractivity contribution in [2.75, 3.05) is 6.54 Å². The van der Waals surface area contributed by atoms with E-state index in [9.17, 15) is 13.2 Å². The standard InChI is InChI=1S/C13H24F3N/c1-10-6-5-7-12(11(10)2)17-9-4-3-8-13(14,15)16/h10-12,17H,3-9H2,1-2H3. The second-order valence-electron chi connectivity index (χ2n) is 5.40. The number of alkyl halides is 3. The maximum absolute atomic E-state index is 11.9. The van der Waals surface area contributed by atoms with Crippen LogP contribution >= 0.6 is 0 Å². The van der Waals surface area contributed by atoms with E-state index >= 15 is 0 Å². The highest BCUT2D eigenvalue weighted by Gasteiger charge is 2.27. The van der Waals surface area contributed by atoms with Gasteiger partial charge in [-0.15, -0.1) is 0 Å². The molecular weight excluding hydrogens is 227 g/mol. The highest BCUT2D eigenvalue weighted by Crippen LogP contribution is 2.29. The van der Waals surface area contributed by atoms with Gasteiger partial charge in [-0.1, -0.05) is 26.7 Å². The Kier molecular flexibility index (Phi) is 5.77. The third-order valence-corrected chi connectivity index (χ3v) is 4.00. The third-order valence-electron chi connectivity index (χ3n) is 4.00. The maximum Gasteiger partial charge on any atom is 0.389 e. The number of nitrogens with one attached hydrogen (secondary N) is 1. The normalized spacial score (nSPS) is 30.5. The average molecular weight is 251 g/mol. The van der Waals surface area contributed by atoms with Gasteiger partial charge in [0.2, 0.25) is 0 Å². The SMILES string of the molecule is CC1CCCC(NCCCCC(F)(F)F)C1C. The van der Waals surface area contributed by atoms with E-state index in [1.165, 1.54) is 19.3 Å². The summed E-state index contributed by atoms with van der Waals surface area (Å²) in [5, 5.41) is 3.42. The molecule has 3 unspecified atom stereocenters. The molecule has 1 aliphatic rings. The number of rotatable bonds is 5. The lowest BCUT2D eigenvalue weighted by Gasteiger charge is -2.34. The molecule has 0 aromatic heterocycles. The molecule has 1 aliphatic carbocycles. The summed E-state index contributed by atoms with van der Waals surface area (Å²) >= 11 is 0. The Bertz CT molecular complexity index is 215. The molecule has 0 aromatic carbocycles. The molecule has 0 spiro atoms. The van der Waals surface area contributed by atoms with Crippen molar-refractivity contribution in [3.05, 3.63) is 0 Å². The molecule has 0 bridgehead atoms. The summed E-state index contributed by atoms with van der Waals surface area (Å²) in [6, 6.07) is 0.504. The molecule has 1 fully saturated rings. The van der Waals surface area contributed by atoms with Gasteiger partial charge in [0.1, 0.15) is 0 Å². The Balaban J connectivity index is 2.10. The molecule has 0 saturated heterocycles. The molecule has 0 radical (unpaired) electrons. The number of unbranched alkanes of at least 4 members (excludes halogenated alkanes) is 1. The van der Waals surface area contributed by atoms with Crippen LogP contribution in [0.5, 0.6) is 0 Å². The van der Waals surface area contributed by atoms with Crippen LogP contribution in [0.25, 0.3) is 0 Å². The fourth-order valence-corrected chi connectivity index (χ4v) is 2.61. The summed E-state index contributed by atoms with van der Waals surface area (Å²) in [4.78, 5) is 0. The van der Waals surface area contributed by atoms with Gasteiger partial charge in [-0.25, -0.2) is 0 Å². The lowest BCUT2D eigenvalue weighted by Crippen LogP contribution is -2.41. The molecule has 1 rings (SSSR count). The Hall–Kier alpha value is -0.250. The molecule has 0 aromatic rings. The van der Waals surface area contributed by atoms with Gasteiger partial charge in [0.15, 0.2) is 0 Å². The zero-order chi connectivity index (χ0) is 12.9. The van der Waals surface area contributed by atoms with Crippen LogP contribution < -0.4 is 5.32 Å². The van der Waals surface area contributed by atoms with Crippen LogP contribution in [0.3, 0.4) is 0 Å². The summed E-state index contributed by atoms with van der Waals surface area (Å²) in [5.41, 5.74) is 0. The van der Waals surface area contributed by atoms with E-state index in [0.29, 0.717) is 18.4 Å². The number of halogens is 3. The van der Waals surface area contributed by atoms with Crippen molar-refractivity contribution >= 4 is 0 Å². The van der Waals surface area contributed by atoms with E-state index in [1.807, 2.05) is 0 Å². The maximum atomic E-state index is 11.9. The molecule has 1 N–H and O–H groups in total. The molecular formula is C13H24F3N. The van der Waals surface area contributed by atoms with Crippen molar-refractivity contribution in [2.45, 2.75) is 64.6 Å². The minimum Gasteiger partial charge on any atom is -0.314 e. The van der Waals surface area contributed by atoms with E-state index in [2.05, 4.69) is 19.2 Å². The molecule has 3 atom stereocenters. The van der Waals surface area contributed by atoms with Crippen molar-refractivity contribution < 1.29 is 13.2 Å². The van der Waals surface area contributed by atoms with Gasteiger partial charge in [-0.05, 0) is 37.6 Å². The Morgan fingerprint density at radius 3 is 2.47 bits per heavy atom. The monoisotopic (exact) mass is 251 g/mol. The third kappa shape index (κ3) is 5.75. The summed E-state index contributed by atoms with van der Waals surface area (Å²) in [6.07, 6.45) is -0.0772. The fourth-order valence-electron chi connectivity index (χ4n) is 2.61. The predicted molar refractivity (Wildman–Crippen MR) is 63.9 cm³/mol. The van der Waals surface area contributed by atoms with Crippen LogP contribution in [0.4, 0.5) is 13.2 Å². The molecule has 0 aliphatic heterocycles. The van der Waals surface area contributed by atoms with Gasteiger partial charge in [0.25, 0.3) is 0 Å². The van der Waals surface area contributed by atoms with Gasteiger partial charge < -0.3 is 5.32 Å². The molecule has 4 heteroatoms. The summed E-state index contributed by atoms with van der Waals surface area (Å²) in [7, 11) is 0. The van der Waals surface area contributed by atoms with Crippen molar-refractivity contribution in [1.82, 2.24) is 5.32 Å². The Labute approximate surface area is 102 Å². The summed E-state index contributed by atoms with van der Waals surface area (Å²) in [5.74, 6) is 1.38. The smallest absolute Gasteiger partial charge is 0.314 e. The molecule has 1 nitrogen and oxygen atoms in total. The first-order valence-electron chi connectivity index (χ1n) is 6.70. The van der Waals surface area contributed by atoms with Gasteiger partial charge >= 0.3 is 6.18 Å². The Morgan fingerprint density at radius 2 is 1.82 bits per heavy atom. The fraction of sp³-hybridized carbons (Fsp3) is 1.00. The topological polar surface area (TPSA) is 12.0 Å². The van der Waals surface area contributed by atoms with Crippen molar-refractivity contribution in [3.8, 4) is 0 Å². The van der Waals surface area contributed by atoms with Crippen molar-refractivity contribution in [3.63, 3.8) is 0 Å². The summed E-state index contributed by atoms with van der Waals surface area (Å²) in [6.45, 7) is 5.23. The van der Waals surface area contributed by atoms with Gasteiger partial charge in [0.05, 0.1) is 0 Å². The van der Waals surface area contributed by atoms with Crippen LogP contribution in [0.2, 0.25) is 0 Å². The van der Waals surface area contributed by atoms with Gasteiger partial charge in [0, 0.05) is 12.5 Å². The predicted octanol–water partition coefficient (Wildman–Crippen LogP) is 4.13. The van der Waals surface area contributed by atoms with E-state index < -0.39 is 12.6 Å². The zero-order valence-electron chi connectivity index (χ0n) is 10.8. The Morgan fingerprint density at radius 1 is 1.12 bits per heavy atom. The van der Waals surface area contributed by atoms with Gasteiger partial charge in [-0.2, -0.15) is 13.2 Å². The average Bonchev–Trinajstić information content (AvgIpc) is 2.22. The molecule has 17 heavy (non-hydrogen) atoms.